The molecule has 0 aliphatic rings. The van der Waals surface area contributed by atoms with Gasteiger partial charge in [0.15, 0.2) is 5.76 Å². The van der Waals surface area contributed by atoms with Gasteiger partial charge in [-0.15, -0.1) is 11.3 Å². The fourth-order valence-electron chi connectivity index (χ4n) is 1.14. The van der Waals surface area contributed by atoms with Crippen LogP contribution >= 0.6 is 27.3 Å². The van der Waals surface area contributed by atoms with Crippen LogP contribution in [0.2, 0.25) is 0 Å². The van der Waals surface area contributed by atoms with Crippen LogP contribution in [-0.2, 0) is 6.42 Å². The zero-order valence-corrected chi connectivity index (χ0v) is 9.77. The Morgan fingerprint density at radius 1 is 1.50 bits per heavy atom. The summed E-state index contributed by atoms with van der Waals surface area (Å²) in [6.45, 7) is 0.597. The topological polar surface area (TPSA) is 52.0 Å². The fraction of sp³-hybridized carbons (Fsp3) is 0.222. The highest BCUT2D eigenvalue weighted by atomic mass is 79.9. The molecule has 0 unspecified atom stereocenters. The van der Waals surface area contributed by atoms with Crippen LogP contribution in [0.3, 0.4) is 0 Å². The molecular weight excluding hydrogens is 264 g/mol. The van der Waals surface area contributed by atoms with E-state index >= 15 is 0 Å². The maximum Gasteiger partial charge on any atom is 0.177 e. The second-order valence-electron chi connectivity index (χ2n) is 2.85. The molecule has 0 atom stereocenters. The summed E-state index contributed by atoms with van der Waals surface area (Å²) in [5.41, 5.74) is 6.34. The lowest BCUT2D eigenvalue weighted by atomic mass is 10.3. The average molecular weight is 273 g/mol. The maximum absolute atomic E-state index is 5.43. The first-order valence-corrected chi connectivity index (χ1v) is 5.87. The zero-order valence-electron chi connectivity index (χ0n) is 7.37. The van der Waals surface area contributed by atoms with Crippen LogP contribution in [0.1, 0.15) is 5.69 Å². The Hall–Kier alpha value is -0.650. The third-order valence-corrected chi connectivity index (χ3v) is 3.48. The quantitative estimate of drug-likeness (QED) is 0.935. The highest BCUT2D eigenvalue weighted by Gasteiger charge is 2.07. The smallest absolute Gasteiger partial charge is 0.177 e. The van der Waals surface area contributed by atoms with Crippen molar-refractivity contribution >= 4 is 27.3 Å². The van der Waals surface area contributed by atoms with Crippen molar-refractivity contribution in [3.63, 3.8) is 0 Å². The zero-order chi connectivity index (χ0) is 9.97. The molecule has 14 heavy (non-hydrogen) atoms. The monoisotopic (exact) mass is 272 g/mol. The number of hydrogen-bond acceptors (Lipinski definition) is 4. The first-order chi connectivity index (χ1) is 6.79. The van der Waals surface area contributed by atoms with E-state index in [-0.39, 0.29) is 0 Å². The number of rotatable bonds is 3. The van der Waals surface area contributed by atoms with Gasteiger partial charge in [0.05, 0.1) is 10.6 Å². The molecule has 2 rings (SSSR count). The summed E-state index contributed by atoms with van der Waals surface area (Å²) in [7, 11) is 0. The van der Waals surface area contributed by atoms with E-state index < -0.39 is 0 Å². The van der Waals surface area contributed by atoms with E-state index in [4.69, 9.17) is 10.3 Å². The number of hydrogen-bond donors (Lipinski definition) is 1. The molecule has 2 aromatic heterocycles. The highest BCUT2D eigenvalue weighted by Crippen LogP contribution is 2.30. The summed E-state index contributed by atoms with van der Waals surface area (Å²) in [6.07, 6.45) is 0.760. The van der Waals surface area contributed by atoms with Crippen molar-refractivity contribution in [1.29, 1.82) is 0 Å². The number of halogens is 1. The molecular formula is C9H9BrN2OS. The molecule has 3 nitrogen and oxygen atoms in total. The Balaban J connectivity index is 2.24. The maximum atomic E-state index is 5.43. The summed E-state index contributed by atoms with van der Waals surface area (Å²) in [5, 5.41) is 5.94. The Kier molecular flexibility index (Phi) is 3.00. The van der Waals surface area contributed by atoms with Crippen molar-refractivity contribution in [2.75, 3.05) is 6.54 Å². The van der Waals surface area contributed by atoms with Crippen LogP contribution in [-0.4, -0.2) is 11.7 Å². The number of nitrogens with two attached hydrogens (primary N) is 1. The molecule has 0 aromatic carbocycles. The van der Waals surface area contributed by atoms with E-state index in [1.54, 1.807) is 11.3 Å². The van der Waals surface area contributed by atoms with Crippen molar-refractivity contribution in [3.05, 3.63) is 27.7 Å². The summed E-state index contributed by atoms with van der Waals surface area (Å²) >= 11 is 5.02. The Morgan fingerprint density at radius 2 is 2.36 bits per heavy atom. The van der Waals surface area contributed by atoms with E-state index in [2.05, 4.69) is 21.1 Å². The molecule has 0 fully saturated rings. The van der Waals surface area contributed by atoms with Gasteiger partial charge >= 0.3 is 0 Å². The van der Waals surface area contributed by atoms with Gasteiger partial charge in [-0.1, -0.05) is 5.16 Å². The van der Waals surface area contributed by atoms with Gasteiger partial charge in [-0.3, -0.25) is 0 Å². The van der Waals surface area contributed by atoms with E-state index in [9.17, 15) is 0 Å². The molecule has 0 radical (unpaired) electrons. The molecule has 0 bridgehead atoms. The van der Waals surface area contributed by atoms with Gasteiger partial charge in [0.2, 0.25) is 0 Å². The van der Waals surface area contributed by atoms with Gasteiger partial charge in [0.1, 0.15) is 0 Å². The number of aromatic nitrogens is 1. The van der Waals surface area contributed by atoms with Crippen molar-refractivity contribution < 1.29 is 4.52 Å². The second kappa shape index (κ2) is 4.25. The van der Waals surface area contributed by atoms with E-state index in [1.165, 1.54) is 0 Å². The van der Waals surface area contributed by atoms with Crippen LogP contribution < -0.4 is 5.73 Å². The Labute approximate surface area is 94.0 Å². The SMILES string of the molecule is NCCc1cc(-c2cc(Br)cs2)on1. The minimum Gasteiger partial charge on any atom is -0.355 e. The lowest BCUT2D eigenvalue weighted by Gasteiger charge is -1.85. The minimum atomic E-state index is 0.597. The van der Waals surface area contributed by atoms with Gasteiger partial charge in [-0.25, -0.2) is 0 Å². The molecule has 74 valence electrons. The van der Waals surface area contributed by atoms with Gasteiger partial charge in [-0.05, 0) is 28.5 Å². The largest absolute Gasteiger partial charge is 0.355 e. The Bertz CT molecular complexity index is 424. The third-order valence-electron chi connectivity index (χ3n) is 1.77. The summed E-state index contributed by atoms with van der Waals surface area (Å²) < 4.78 is 6.26. The van der Waals surface area contributed by atoms with Gasteiger partial charge in [0.25, 0.3) is 0 Å². The Morgan fingerprint density at radius 3 is 3.00 bits per heavy atom. The molecule has 2 N–H and O–H groups in total. The molecule has 5 heteroatoms. The second-order valence-corrected chi connectivity index (χ2v) is 4.68. The van der Waals surface area contributed by atoms with Crippen LogP contribution in [0.4, 0.5) is 0 Å². The van der Waals surface area contributed by atoms with Crippen LogP contribution in [0.5, 0.6) is 0 Å². The molecule has 0 aliphatic carbocycles. The van der Waals surface area contributed by atoms with Crippen molar-refractivity contribution in [2.45, 2.75) is 6.42 Å². The summed E-state index contributed by atoms with van der Waals surface area (Å²) in [4.78, 5) is 1.08. The van der Waals surface area contributed by atoms with Crippen LogP contribution in [0.15, 0.2) is 26.5 Å². The van der Waals surface area contributed by atoms with Crippen molar-refractivity contribution in [3.8, 4) is 10.6 Å². The van der Waals surface area contributed by atoms with Gasteiger partial charge in [-0.2, -0.15) is 0 Å². The van der Waals surface area contributed by atoms with E-state index in [1.807, 2.05) is 17.5 Å². The third kappa shape index (κ3) is 2.05. The van der Waals surface area contributed by atoms with E-state index in [0.29, 0.717) is 6.54 Å². The molecule has 0 spiro atoms. The number of nitrogens with zero attached hydrogens (tertiary/aromatic N) is 1. The fourth-order valence-corrected chi connectivity index (χ4v) is 2.51. The average Bonchev–Trinajstić information content (AvgIpc) is 2.74. The van der Waals surface area contributed by atoms with E-state index in [0.717, 1.165) is 27.2 Å². The van der Waals surface area contributed by atoms with Gasteiger partial charge in [0, 0.05) is 22.3 Å². The van der Waals surface area contributed by atoms with Gasteiger partial charge < -0.3 is 10.3 Å². The predicted octanol–water partition coefficient (Wildman–Crippen LogP) is 2.67. The lowest BCUT2D eigenvalue weighted by Crippen LogP contribution is -2.02. The van der Waals surface area contributed by atoms with Crippen LogP contribution in [0.25, 0.3) is 10.6 Å². The summed E-state index contributed by atoms with van der Waals surface area (Å²) in [6, 6.07) is 3.95. The standard InChI is InChI=1S/C9H9BrN2OS/c10-6-3-9(14-5-6)8-4-7(1-2-11)12-13-8/h3-5H,1-2,11H2. The highest BCUT2D eigenvalue weighted by molar-refractivity contribution is 9.10. The van der Waals surface area contributed by atoms with Crippen molar-refractivity contribution in [2.24, 2.45) is 5.73 Å². The lowest BCUT2D eigenvalue weighted by molar-refractivity contribution is 0.424. The first kappa shape index (κ1) is 9.89. The van der Waals surface area contributed by atoms with Crippen LogP contribution in [0, 0.1) is 0 Å². The molecule has 2 aromatic rings. The minimum absolute atomic E-state index is 0.597. The molecule has 0 saturated heterocycles. The molecule has 0 aliphatic heterocycles. The van der Waals surface area contributed by atoms with Crippen molar-refractivity contribution in [1.82, 2.24) is 5.16 Å². The molecule has 0 saturated carbocycles. The first-order valence-electron chi connectivity index (χ1n) is 4.19. The molecule has 2 heterocycles. The normalized spacial score (nSPS) is 10.7. The number of thiophene rings is 1. The predicted molar refractivity (Wildman–Crippen MR) is 60.3 cm³/mol. The summed E-state index contributed by atoms with van der Waals surface area (Å²) in [5.74, 6) is 0.809. The molecule has 0 amide bonds.